The van der Waals surface area contributed by atoms with Gasteiger partial charge in [0.1, 0.15) is 0 Å². The van der Waals surface area contributed by atoms with Gasteiger partial charge in [-0.3, -0.25) is 10.1 Å². The molecule has 1 saturated heterocycles. The van der Waals surface area contributed by atoms with Crippen LogP contribution in [0.5, 0.6) is 0 Å². The predicted molar refractivity (Wildman–Crippen MR) is 79.8 cm³/mol. The molecule has 1 unspecified atom stereocenters. The van der Waals surface area contributed by atoms with Gasteiger partial charge in [-0.15, -0.1) is 0 Å². The van der Waals surface area contributed by atoms with Gasteiger partial charge in [-0.1, -0.05) is 26.7 Å². The number of unbranched alkanes of at least 4 members (excludes halogenated alkanes) is 3. The molecule has 0 bridgehead atoms. The van der Waals surface area contributed by atoms with Crippen molar-refractivity contribution < 1.29 is 4.79 Å². The zero-order chi connectivity index (χ0) is 13.4. The van der Waals surface area contributed by atoms with Crippen LogP contribution in [0, 0.1) is 5.92 Å². The van der Waals surface area contributed by atoms with Gasteiger partial charge in [0.25, 0.3) is 0 Å². The lowest BCUT2D eigenvalue weighted by molar-refractivity contribution is -0.128. The Morgan fingerprint density at radius 3 is 2.72 bits per heavy atom. The molecule has 0 aromatic carbocycles. The van der Waals surface area contributed by atoms with E-state index in [0.717, 1.165) is 19.4 Å². The summed E-state index contributed by atoms with van der Waals surface area (Å²) in [4.78, 5) is 13.8. The van der Waals surface area contributed by atoms with E-state index in [4.69, 9.17) is 0 Å². The maximum absolute atomic E-state index is 11.8. The highest BCUT2D eigenvalue weighted by Crippen LogP contribution is 2.15. The van der Waals surface area contributed by atoms with E-state index in [1.807, 2.05) is 11.8 Å². The summed E-state index contributed by atoms with van der Waals surface area (Å²) in [6.07, 6.45) is 8.51. The van der Waals surface area contributed by atoms with Gasteiger partial charge in [0.15, 0.2) is 0 Å². The van der Waals surface area contributed by atoms with Crippen molar-refractivity contribution in [3.05, 3.63) is 0 Å². The topological polar surface area (TPSA) is 32.3 Å². The van der Waals surface area contributed by atoms with Crippen LogP contribution < -0.4 is 5.32 Å². The Hall–Kier alpha value is -0.220. The van der Waals surface area contributed by atoms with E-state index in [-0.39, 0.29) is 12.1 Å². The van der Waals surface area contributed by atoms with Gasteiger partial charge in [0, 0.05) is 6.54 Å². The molecule has 0 radical (unpaired) electrons. The summed E-state index contributed by atoms with van der Waals surface area (Å²) >= 11 is 1.92. The molecular weight excluding hydrogens is 244 g/mol. The van der Waals surface area contributed by atoms with Crippen molar-refractivity contribution in [1.82, 2.24) is 10.2 Å². The highest BCUT2D eigenvalue weighted by molar-refractivity contribution is 7.98. The molecule has 1 aliphatic rings. The van der Waals surface area contributed by atoms with Gasteiger partial charge in [0.05, 0.1) is 12.7 Å². The van der Waals surface area contributed by atoms with Crippen molar-refractivity contribution in [1.29, 1.82) is 0 Å². The van der Waals surface area contributed by atoms with E-state index in [9.17, 15) is 4.79 Å². The van der Waals surface area contributed by atoms with Crippen molar-refractivity contribution in [2.24, 2.45) is 5.92 Å². The average Bonchev–Trinajstić information content (AvgIpc) is 2.65. The first-order valence-corrected chi connectivity index (χ1v) is 8.56. The first-order valence-electron chi connectivity index (χ1n) is 7.17. The summed E-state index contributed by atoms with van der Waals surface area (Å²) in [6.45, 7) is 5.89. The second-order valence-electron chi connectivity index (χ2n) is 5.52. The van der Waals surface area contributed by atoms with E-state index in [1.165, 1.54) is 25.0 Å². The third-order valence-electron chi connectivity index (χ3n) is 3.38. The summed E-state index contributed by atoms with van der Waals surface area (Å²) in [5.74, 6) is 2.18. The minimum atomic E-state index is 0.281. The first kappa shape index (κ1) is 15.8. The number of nitrogens with zero attached hydrogens (tertiary/aromatic N) is 1. The van der Waals surface area contributed by atoms with Crippen molar-refractivity contribution in [3.8, 4) is 0 Å². The van der Waals surface area contributed by atoms with Crippen molar-refractivity contribution in [3.63, 3.8) is 0 Å². The number of carbonyl (C=O) groups is 1. The maximum atomic E-state index is 11.8. The molecule has 1 heterocycles. The van der Waals surface area contributed by atoms with Crippen LogP contribution in [-0.2, 0) is 4.79 Å². The number of thioether (sulfide) groups is 1. The normalized spacial score (nSPS) is 20.1. The molecule has 0 saturated carbocycles. The molecule has 0 aromatic rings. The fourth-order valence-corrected chi connectivity index (χ4v) is 2.90. The van der Waals surface area contributed by atoms with Gasteiger partial charge in [-0.05, 0) is 37.2 Å². The van der Waals surface area contributed by atoms with Crippen molar-refractivity contribution >= 4 is 17.7 Å². The van der Waals surface area contributed by atoms with Crippen molar-refractivity contribution in [2.75, 3.05) is 25.1 Å². The van der Waals surface area contributed by atoms with E-state index in [2.05, 4.69) is 30.3 Å². The smallest absolute Gasteiger partial charge is 0.237 e. The predicted octanol–water partition coefficient (Wildman–Crippen LogP) is 2.71. The number of carbonyl (C=O) groups excluding carboxylic acids is 1. The lowest BCUT2D eigenvalue weighted by Gasteiger charge is -2.25. The minimum absolute atomic E-state index is 0.281. The molecule has 4 heteroatoms. The Balaban J connectivity index is 2.19. The van der Waals surface area contributed by atoms with Crippen LogP contribution in [0.3, 0.4) is 0 Å². The molecule has 0 aliphatic carbocycles. The fourth-order valence-electron chi connectivity index (χ4n) is 2.41. The molecule has 106 valence electrons. The molecule has 1 amide bonds. The zero-order valence-corrected chi connectivity index (χ0v) is 12.9. The molecule has 1 atom stereocenters. The molecular formula is C14H28N2OS. The van der Waals surface area contributed by atoms with Crippen LogP contribution in [0.25, 0.3) is 0 Å². The van der Waals surface area contributed by atoms with Crippen LogP contribution in [0.1, 0.15) is 46.0 Å². The molecule has 1 aliphatic heterocycles. The van der Waals surface area contributed by atoms with E-state index in [1.54, 1.807) is 0 Å². The van der Waals surface area contributed by atoms with Crippen LogP contribution in [0.2, 0.25) is 0 Å². The zero-order valence-electron chi connectivity index (χ0n) is 12.1. The Bertz CT molecular complexity index is 246. The third kappa shape index (κ3) is 5.61. The lowest BCUT2D eigenvalue weighted by Crippen LogP contribution is -2.38. The monoisotopic (exact) mass is 272 g/mol. The van der Waals surface area contributed by atoms with Crippen LogP contribution >= 0.6 is 11.8 Å². The van der Waals surface area contributed by atoms with Crippen LogP contribution in [-0.4, -0.2) is 42.1 Å². The highest BCUT2D eigenvalue weighted by Gasteiger charge is 2.29. The minimum Gasteiger partial charge on any atom is -0.326 e. The average molecular weight is 272 g/mol. The SMILES string of the molecule is CSCCCCCCN1C(=O)CNC1CC(C)C. The van der Waals surface area contributed by atoms with E-state index >= 15 is 0 Å². The van der Waals surface area contributed by atoms with Gasteiger partial charge in [-0.25, -0.2) is 0 Å². The Morgan fingerprint density at radius 1 is 1.33 bits per heavy atom. The second-order valence-corrected chi connectivity index (χ2v) is 6.51. The fraction of sp³-hybridized carbons (Fsp3) is 0.929. The first-order chi connectivity index (χ1) is 8.65. The van der Waals surface area contributed by atoms with Gasteiger partial charge in [-0.2, -0.15) is 11.8 Å². The summed E-state index contributed by atoms with van der Waals surface area (Å²) in [5.41, 5.74) is 0. The van der Waals surface area contributed by atoms with Crippen molar-refractivity contribution in [2.45, 2.75) is 52.1 Å². The Labute approximate surface area is 116 Å². The molecule has 1 fully saturated rings. The maximum Gasteiger partial charge on any atom is 0.237 e. The van der Waals surface area contributed by atoms with E-state index < -0.39 is 0 Å². The van der Waals surface area contributed by atoms with Gasteiger partial charge < -0.3 is 4.90 Å². The van der Waals surface area contributed by atoms with Gasteiger partial charge >= 0.3 is 0 Å². The quantitative estimate of drug-likeness (QED) is 0.655. The number of rotatable bonds is 9. The summed E-state index contributed by atoms with van der Waals surface area (Å²) in [6, 6.07) is 0. The second kappa shape index (κ2) is 8.81. The Morgan fingerprint density at radius 2 is 2.06 bits per heavy atom. The molecule has 0 spiro atoms. The Kier molecular flexibility index (Phi) is 7.75. The number of nitrogens with one attached hydrogen (secondary N) is 1. The summed E-state index contributed by atoms with van der Waals surface area (Å²) < 4.78 is 0. The van der Waals surface area contributed by atoms with Crippen LogP contribution in [0.15, 0.2) is 0 Å². The highest BCUT2D eigenvalue weighted by atomic mass is 32.2. The molecule has 1 rings (SSSR count). The lowest BCUT2D eigenvalue weighted by atomic mass is 10.1. The number of amides is 1. The standard InChI is InChI=1S/C14H28N2OS/c1-12(2)10-13-15-11-14(17)16(13)8-6-4-5-7-9-18-3/h12-13,15H,4-11H2,1-3H3. The molecule has 1 N–H and O–H groups in total. The van der Waals surface area contributed by atoms with Gasteiger partial charge in [0.2, 0.25) is 5.91 Å². The molecule has 3 nitrogen and oxygen atoms in total. The number of hydrogen-bond acceptors (Lipinski definition) is 3. The summed E-state index contributed by atoms with van der Waals surface area (Å²) in [5, 5.41) is 3.32. The largest absolute Gasteiger partial charge is 0.326 e. The summed E-state index contributed by atoms with van der Waals surface area (Å²) in [7, 11) is 0. The number of hydrogen-bond donors (Lipinski definition) is 1. The van der Waals surface area contributed by atoms with E-state index in [0.29, 0.717) is 12.5 Å². The third-order valence-corrected chi connectivity index (χ3v) is 4.07. The molecule has 18 heavy (non-hydrogen) atoms. The molecule has 0 aromatic heterocycles. The van der Waals surface area contributed by atoms with Crippen LogP contribution in [0.4, 0.5) is 0 Å².